The lowest BCUT2D eigenvalue weighted by molar-refractivity contribution is -0.377. The number of carbonyl (C=O) groups excluding carboxylic acids is 2. The number of alkyl halides is 6. The third-order valence-corrected chi connectivity index (χ3v) is 8.71. The molecule has 11 nitrogen and oxygen atoms in total. The van der Waals surface area contributed by atoms with Gasteiger partial charge < -0.3 is 21.5 Å². The van der Waals surface area contributed by atoms with Crippen LogP contribution in [0.15, 0.2) is 41.2 Å². The Morgan fingerprint density at radius 1 is 1.00 bits per heavy atom. The van der Waals surface area contributed by atoms with Gasteiger partial charge in [0.2, 0.25) is 0 Å². The van der Waals surface area contributed by atoms with Crippen LogP contribution in [-0.4, -0.2) is 78.1 Å². The number of hydrogen-bond donors (Lipinski definition) is 3. The van der Waals surface area contributed by atoms with E-state index in [2.05, 4.69) is 15.1 Å². The summed E-state index contributed by atoms with van der Waals surface area (Å²) in [4.78, 5) is 40.1. The molecule has 3 aromatic heterocycles. The molecule has 2 bridgehead atoms. The molecule has 2 saturated heterocycles. The van der Waals surface area contributed by atoms with Gasteiger partial charge in [0.15, 0.2) is 11.4 Å². The minimum absolute atomic E-state index is 0.0423. The van der Waals surface area contributed by atoms with Gasteiger partial charge >= 0.3 is 12.4 Å². The highest BCUT2D eigenvalue weighted by molar-refractivity contribution is 6.06. The van der Waals surface area contributed by atoms with Crippen molar-refractivity contribution in [2.75, 3.05) is 12.3 Å². The molecule has 0 aromatic carbocycles. The quantitative estimate of drug-likeness (QED) is 0.283. The molecule has 0 radical (unpaired) electrons. The van der Waals surface area contributed by atoms with Crippen LogP contribution in [0.1, 0.15) is 60.3 Å². The van der Waals surface area contributed by atoms with E-state index < -0.39 is 23.6 Å². The standard InChI is InChI=1S/C28H26F6N8O3/c1-12(43)21-22(14-6-16-3-4-17(7-14)41(16)25(44)15-8-20(35)38-10-15)40-24-18(11-39-42(24)23(21)36)13-2-5-19(37-9-13)26(45,27(29,30)31)28(32,33)34/h2,5,8-9,11,14,16-17,45H,3-4,6-7,10,36H2,1H3,(H2,35,38)/t14?,16-,17+. The van der Waals surface area contributed by atoms with E-state index in [1.165, 1.54) is 13.1 Å². The average molecular weight is 637 g/mol. The molecule has 0 saturated carbocycles. The maximum atomic E-state index is 13.3. The molecule has 5 N–H and O–H groups in total. The van der Waals surface area contributed by atoms with Gasteiger partial charge in [0.25, 0.3) is 11.5 Å². The largest absolute Gasteiger partial charge is 0.432 e. The Bertz CT molecular complexity index is 1750. The van der Waals surface area contributed by atoms with E-state index in [4.69, 9.17) is 16.5 Å². The molecular weight excluding hydrogens is 610 g/mol. The minimum atomic E-state index is -6.09. The topological polar surface area (TPSA) is 165 Å². The number of aliphatic imine (C=N–C) groups is 1. The van der Waals surface area contributed by atoms with Crippen molar-refractivity contribution in [1.82, 2.24) is 24.5 Å². The Morgan fingerprint density at radius 3 is 2.16 bits per heavy atom. The van der Waals surface area contributed by atoms with Gasteiger partial charge in [-0.3, -0.25) is 19.6 Å². The smallest absolute Gasteiger partial charge is 0.384 e. The number of aromatic nitrogens is 4. The first-order valence-electron chi connectivity index (χ1n) is 13.9. The molecule has 3 atom stereocenters. The number of ketones is 1. The zero-order chi connectivity index (χ0) is 32.6. The number of nitrogens with zero attached hydrogens (tertiary/aromatic N) is 6. The van der Waals surface area contributed by atoms with Crippen molar-refractivity contribution in [3.8, 4) is 11.1 Å². The number of halogens is 6. The lowest BCUT2D eigenvalue weighted by Crippen LogP contribution is -2.54. The van der Waals surface area contributed by atoms with Crippen molar-refractivity contribution < 1.29 is 41.0 Å². The first-order valence-corrected chi connectivity index (χ1v) is 13.9. The average Bonchev–Trinajstić information content (AvgIpc) is 3.66. The number of Topliss-reactive ketones (excluding diaryl/α,β-unsaturated/α-hetero) is 1. The number of amides is 1. The monoisotopic (exact) mass is 636 g/mol. The van der Waals surface area contributed by atoms with E-state index in [0.29, 0.717) is 30.2 Å². The van der Waals surface area contributed by atoms with Crippen LogP contribution in [0.25, 0.3) is 16.8 Å². The number of anilines is 1. The summed E-state index contributed by atoms with van der Waals surface area (Å²) in [6.07, 6.45) is -6.21. The summed E-state index contributed by atoms with van der Waals surface area (Å²) in [5, 5.41) is 13.9. The van der Waals surface area contributed by atoms with Crippen LogP contribution in [-0.2, 0) is 10.4 Å². The molecule has 0 aliphatic carbocycles. The molecule has 2 fully saturated rings. The van der Waals surface area contributed by atoms with Gasteiger partial charge in [0.05, 0.1) is 29.7 Å². The van der Waals surface area contributed by atoms with Gasteiger partial charge in [0.1, 0.15) is 11.7 Å². The van der Waals surface area contributed by atoms with E-state index >= 15 is 0 Å². The summed E-state index contributed by atoms with van der Waals surface area (Å²) in [6, 6.07) is 1.06. The molecule has 1 amide bonds. The second kappa shape index (κ2) is 10.3. The normalized spacial score (nSPS) is 22.1. The number of carbonyl (C=O) groups is 2. The zero-order valence-corrected chi connectivity index (χ0v) is 23.5. The summed E-state index contributed by atoms with van der Waals surface area (Å²) < 4.78 is 81.3. The lowest BCUT2D eigenvalue weighted by atomic mass is 9.85. The Hall–Kier alpha value is -4.54. The fourth-order valence-corrected chi connectivity index (χ4v) is 6.58. The second-order valence-electron chi connectivity index (χ2n) is 11.4. The Labute approximate surface area is 250 Å². The summed E-state index contributed by atoms with van der Waals surface area (Å²) in [5.74, 6) is -0.577. The van der Waals surface area contributed by atoms with Crippen molar-refractivity contribution in [3.63, 3.8) is 0 Å². The Kier molecular flexibility index (Phi) is 6.94. The number of nitrogen functional groups attached to an aromatic ring is 1. The summed E-state index contributed by atoms with van der Waals surface area (Å²) in [6.45, 7) is 1.53. The zero-order valence-electron chi connectivity index (χ0n) is 23.5. The van der Waals surface area contributed by atoms with E-state index in [1.54, 1.807) is 6.08 Å². The number of rotatable bonds is 5. The fourth-order valence-electron chi connectivity index (χ4n) is 6.58. The third-order valence-electron chi connectivity index (χ3n) is 8.71. The molecule has 238 valence electrons. The van der Waals surface area contributed by atoms with Crippen LogP contribution >= 0.6 is 0 Å². The van der Waals surface area contributed by atoms with Crippen LogP contribution in [0, 0.1) is 0 Å². The maximum Gasteiger partial charge on any atom is 0.432 e. The number of aliphatic hydroxyl groups is 1. The van der Waals surface area contributed by atoms with E-state index in [0.717, 1.165) is 29.6 Å². The van der Waals surface area contributed by atoms with Crippen molar-refractivity contribution in [1.29, 1.82) is 0 Å². The van der Waals surface area contributed by atoms with Gasteiger partial charge in [-0.1, -0.05) is 6.07 Å². The van der Waals surface area contributed by atoms with Crippen LogP contribution in [0.2, 0.25) is 0 Å². The predicted molar refractivity (Wildman–Crippen MR) is 147 cm³/mol. The van der Waals surface area contributed by atoms with Crippen LogP contribution in [0.3, 0.4) is 0 Å². The lowest BCUT2D eigenvalue weighted by Gasteiger charge is -2.39. The molecule has 3 aliphatic heterocycles. The molecule has 6 rings (SSSR count). The Balaban J connectivity index is 1.37. The molecule has 1 unspecified atom stereocenters. The number of hydrogen-bond acceptors (Lipinski definition) is 9. The first-order chi connectivity index (χ1) is 21.0. The summed E-state index contributed by atoms with van der Waals surface area (Å²) in [5.41, 5.74) is 6.58. The number of piperidine rings is 1. The first kappa shape index (κ1) is 30.5. The van der Waals surface area contributed by atoms with Crippen molar-refractivity contribution >= 4 is 29.0 Å². The van der Waals surface area contributed by atoms with Crippen LogP contribution in [0.5, 0.6) is 0 Å². The highest BCUT2D eigenvalue weighted by atomic mass is 19.4. The van der Waals surface area contributed by atoms with Gasteiger partial charge in [0, 0.05) is 40.9 Å². The van der Waals surface area contributed by atoms with Crippen molar-refractivity contribution in [2.24, 2.45) is 10.7 Å². The van der Waals surface area contributed by atoms with Gasteiger partial charge in [-0.2, -0.15) is 36.0 Å². The van der Waals surface area contributed by atoms with Crippen molar-refractivity contribution in [2.45, 2.75) is 68.6 Å². The number of pyridine rings is 1. The molecule has 17 heteroatoms. The number of fused-ring (bicyclic) bond motifs is 3. The van der Waals surface area contributed by atoms with Crippen molar-refractivity contribution in [3.05, 3.63) is 53.1 Å². The number of nitrogens with two attached hydrogens (primary N) is 2. The molecular formula is C28H26F6N8O3. The molecule has 6 heterocycles. The SMILES string of the molecule is CC(=O)c1c(C2C[C@H]3CC[C@@H](C2)N3C(=O)C2=CC(N)=NC2)nc2c(-c3ccc(C(O)(C(F)(F)F)C(F)(F)F)nc3)cnn2c1N. The fraction of sp³-hybridized carbons (Fsp3) is 0.429. The summed E-state index contributed by atoms with van der Waals surface area (Å²) in [7, 11) is 0. The second-order valence-corrected chi connectivity index (χ2v) is 11.4. The minimum Gasteiger partial charge on any atom is -0.384 e. The molecule has 45 heavy (non-hydrogen) atoms. The van der Waals surface area contributed by atoms with E-state index in [-0.39, 0.29) is 70.2 Å². The third kappa shape index (κ3) is 4.71. The molecule has 3 aromatic rings. The van der Waals surface area contributed by atoms with Crippen LogP contribution in [0.4, 0.5) is 32.2 Å². The van der Waals surface area contributed by atoms with E-state index in [1.807, 2.05) is 4.90 Å². The predicted octanol–water partition coefficient (Wildman–Crippen LogP) is 3.42. The Morgan fingerprint density at radius 2 is 1.64 bits per heavy atom. The summed E-state index contributed by atoms with van der Waals surface area (Å²) >= 11 is 0. The molecule has 3 aliphatic rings. The highest BCUT2D eigenvalue weighted by Crippen LogP contribution is 2.50. The highest BCUT2D eigenvalue weighted by Gasteiger charge is 2.72. The number of amidine groups is 1. The van der Waals surface area contributed by atoms with E-state index in [9.17, 15) is 41.0 Å². The van der Waals surface area contributed by atoms with Gasteiger partial charge in [-0.05, 0) is 44.7 Å². The van der Waals surface area contributed by atoms with Gasteiger partial charge in [-0.15, -0.1) is 0 Å². The maximum absolute atomic E-state index is 13.3. The molecule has 0 spiro atoms. The van der Waals surface area contributed by atoms with Gasteiger partial charge in [-0.25, -0.2) is 4.98 Å². The van der Waals surface area contributed by atoms with Crippen LogP contribution < -0.4 is 11.5 Å².